The number of ether oxygens (including phenoxy) is 2. The van der Waals surface area contributed by atoms with E-state index in [4.69, 9.17) is 9.47 Å². The van der Waals surface area contributed by atoms with E-state index in [2.05, 4.69) is 4.98 Å². The van der Waals surface area contributed by atoms with E-state index in [-0.39, 0.29) is 5.78 Å². The molecule has 5 heteroatoms. The lowest BCUT2D eigenvalue weighted by atomic mass is 10.2. The monoisotopic (exact) mass is 261 g/mol. The highest BCUT2D eigenvalue weighted by molar-refractivity contribution is 7.16. The molecule has 18 heavy (non-hydrogen) atoms. The van der Waals surface area contributed by atoms with Crippen molar-refractivity contribution >= 4 is 17.1 Å². The number of carbonyl (C=O) groups excluding carboxylic acids is 1. The Kier molecular flexibility index (Phi) is 2.76. The van der Waals surface area contributed by atoms with Gasteiger partial charge in [-0.1, -0.05) is 0 Å². The van der Waals surface area contributed by atoms with Crippen LogP contribution in [0.3, 0.4) is 0 Å². The number of hydrogen-bond donors (Lipinski definition) is 0. The molecule has 1 aliphatic rings. The van der Waals surface area contributed by atoms with Gasteiger partial charge in [-0.05, 0) is 18.2 Å². The van der Waals surface area contributed by atoms with Crippen molar-refractivity contribution in [1.29, 1.82) is 0 Å². The number of thiazole rings is 1. The summed E-state index contributed by atoms with van der Waals surface area (Å²) >= 11 is 1.39. The summed E-state index contributed by atoms with van der Waals surface area (Å²) in [6.07, 6.45) is 1.61. The van der Waals surface area contributed by atoms with Crippen molar-refractivity contribution in [3.05, 3.63) is 29.3 Å². The van der Waals surface area contributed by atoms with Gasteiger partial charge >= 0.3 is 0 Å². The van der Waals surface area contributed by atoms with Crippen molar-refractivity contribution < 1.29 is 14.3 Å². The first kappa shape index (κ1) is 11.2. The van der Waals surface area contributed by atoms with Gasteiger partial charge in [0.1, 0.15) is 18.2 Å². The average Bonchev–Trinajstić information content (AvgIpc) is 2.88. The summed E-state index contributed by atoms with van der Waals surface area (Å²) in [6.45, 7) is 2.69. The van der Waals surface area contributed by atoms with E-state index in [1.54, 1.807) is 13.1 Å². The topological polar surface area (TPSA) is 48.4 Å². The minimum Gasteiger partial charge on any atom is -0.486 e. The van der Waals surface area contributed by atoms with Crippen molar-refractivity contribution in [2.75, 3.05) is 13.2 Å². The molecule has 3 rings (SSSR count). The van der Waals surface area contributed by atoms with Crippen LogP contribution >= 0.6 is 11.3 Å². The van der Waals surface area contributed by atoms with Gasteiger partial charge < -0.3 is 9.47 Å². The molecule has 92 valence electrons. The molecule has 0 N–H and O–H groups in total. The molecule has 0 bridgehead atoms. The fourth-order valence-electron chi connectivity index (χ4n) is 1.75. The first-order valence-electron chi connectivity index (χ1n) is 5.61. The fraction of sp³-hybridized carbons (Fsp3) is 0.231. The van der Waals surface area contributed by atoms with E-state index in [0.717, 1.165) is 22.1 Å². The smallest absolute Gasteiger partial charge is 0.171 e. The first-order valence-corrected chi connectivity index (χ1v) is 6.42. The molecule has 0 atom stereocenters. The number of Topliss-reactive ketones (excluding diaryl/α,β-unsaturated/α-hetero) is 1. The van der Waals surface area contributed by atoms with Crippen molar-refractivity contribution in [2.45, 2.75) is 6.92 Å². The molecule has 2 heterocycles. The van der Waals surface area contributed by atoms with E-state index in [1.165, 1.54) is 11.3 Å². The summed E-state index contributed by atoms with van der Waals surface area (Å²) < 4.78 is 11.0. The van der Waals surface area contributed by atoms with Gasteiger partial charge in [-0.2, -0.15) is 0 Å². The number of aromatic nitrogens is 1. The predicted octanol–water partition coefficient (Wildman–Crippen LogP) is 2.78. The zero-order chi connectivity index (χ0) is 12.5. The Balaban J connectivity index is 1.98. The molecule has 0 radical (unpaired) electrons. The quantitative estimate of drug-likeness (QED) is 0.780. The molecule has 0 fully saturated rings. The molecule has 0 aliphatic carbocycles. The number of rotatable bonds is 2. The van der Waals surface area contributed by atoms with Crippen molar-refractivity contribution in [3.8, 4) is 22.1 Å². The fourth-order valence-corrected chi connectivity index (χ4v) is 2.55. The maximum absolute atomic E-state index is 11.2. The van der Waals surface area contributed by atoms with Gasteiger partial charge in [0.05, 0.1) is 4.88 Å². The van der Waals surface area contributed by atoms with Crippen LogP contribution in [0.25, 0.3) is 10.6 Å². The number of nitrogens with zero attached hydrogens (tertiary/aromatic N) is 1. The largest absolute Gasteiger partial charge is 0.486 e. The zero-order valence-electron chi connectivity index (χ0n) is 9.80. The van der Waals surface area contributed by atoms with Crippen LogP contribution in [-0.4, -0.2) is 24.0 Å². The SMILES string of the molecule is CC(=O)c1cnc(-c2ccc3c(c2)OCCO3)s1. The summed E-state index contributed by atoms with van der Waals surface area (Å²) in [5, 5.41) is 0.817. The summed E-state index contributed by atoms with van der Waals surface area (Å²) in [6, 6.07) is 5.70. The lowest BCUT2D eigenvalue weighted by Gasteiger charge is -2.18. The van der Waals surface area contributed by atoms with E-state index < -0.39 is 0 Å². The van der Waals surface area contributed by atoms with E-state index in [0.29, 0.717) is 18.1 Å². The van der Waals surface area contributed by atoms with Crippen molar-refractivity contribution in [1.82, 2.24) is 4.98 Å². The maximum Gasteiger partial charge on any atom is 0.171 e. The summed E-state index contributed by atoms with van der Waals surface area (Å²) in [5.41, 5.74) is 0.941. The first-order chi connectivity index (χ1) is 8.74. The lowest BCUT2D eigenvalue weighted by molar-refractivity contribution is 0.102. The van der Waals surface area contributed by atoms with Crippen LogP contribution in [0.4, 0.5) is 0 Å². The summed E-state index contributed by atoms with van der Waals surface area (Å²) in [5.74, 6) is 1.53. The average molecular weight is 261 g/mol. The standard InChI is InChI=1S/C13H11NO3S/c1-8(15)12-7-14-13(18-12)9-2-3-10-11(6-9)17-5-4-16-10/h2-3,6-7H,4-5H2,1H3. The van der Waals surface area contributed by atoms with Gasteiger partial charge in [0, 0.05) is 18.7 Å². The van der Waals surface area contributed by atoms with Crippen LogP contribution in [0.1, 0.15) is 16.6 Å². The summed E-state index contributed by atoms with van der Waals surface area (Å²) in [4.78, 5) is 16.2. The molecular formula is C13H11NO3S. The molecule has 2 aromatic rings. The lowest BCUT2D eigenvalue weighted by Crippen LogP contribution is -2.15. The van der Waals surface area contributed by atoms with Crippen LogP contribution in [0, 0.1) is 0 Å². The molecule has 1 aromatic heterocycles. The Morgan fingerprint density at radius 2 is 2.06 bits per heavy atom. The van der Waals surface area contributed by atoms with Crippen LogP contribution in [-0.2, 0) is 0 Å². The normalized spacial score (nSPS) is 13.4. The van der Waals surface area contributed by atoms with Gasteiger partial charge in [0.2, 0.25) is 0 Å². The van der Waals surface area contributed by atoms with Crippen molar-refractivity contribution in [2.24, 2.45) is 0 Å². The van der Waals surface area contributed by atoms with Gasteiger partial charge in [-0.15, -0.1) is 11.3 Å². The second-order valence-electron chi connectivity index (χ2n) is 3.94. The van der Waals surface area contributed by atoms with E-state index in [1.807, 2.05) is 18.2 Å². The molecule has 0 amide bonds. The highest BCUT2D eigenvalue weighted by Crippen LogP contribution is 2.35. The van der Waals surface area contributed by atoms with Crippen molar-refractivity contribution in [3.63, 3.8) is 0 Å². The predicted molar refractivity (Wildman–Crippen MR) is 68.5 cm³/mol. The van der Waals surface area contributed by atoms with Crippen LogP contribution < -0.4 is 9.47 Å². The highest BCUT2D eigenvalue weighted by Gasteiger charge is 2.14. The molecular weight excluding hydrogens is 250 g/mol. The molecule has 1 aliphatic heterocycles. The van der Waals surface area contributed by atoms with Crippen LogP contribution in [0.2, 0.25) is 0 Å². The second-order valence-corrected chi connectivity index (χ2v) is 4.97. The molecule has 4 nitrogen and oxygen atoms in total. The van der Waals surface area contributed by atoms with E-state index in [9.17, 15) is 4.79 Å². The zero-order valence-corrected chi connectivity index (χ0v) is 10.6. The number of fused-ring (bicyclic) bond motifs is 1. The third kappa shape index (κ3) is 1.97. The second kappa shape index (κ2) is 4.42. The minimum atomic E-state index is 0.0382. The van der Waals surface area contributed by atoms with Gasteiger partial charge in [-0.3, -0.25) is 4.79 Å². The number of carbonyl (C=O) groups is 1. The Hall–Kier alpha value is -1.88. The van der Waals surface area contributed by atoms with Gasteiger partial charge in [-0.25, -0.2) is 4.98 Å². The molecule has 0 spiro atoms. The molecule has 1 aromatic carbocycles. The number of benzene rings is 1. The Bertz CT molecular complexity index is 606. The molecule has 0 unspecified atom stereocenters. The van der Waals surface area contributed by atoms with Gasteiger partial charge in [0.25, 0.3) is 0 Å². The van der Waals surface area contributed by atoms with Gasteiger partial charge in [0.15, 0.2) is 17.3 Å². The minimum absolute atomic E-state index is 0.0382. The van der Waals surface area contributed by atoms with E-state index >= 15 is 0 Å². The highest BCUT2D eigenvalue weighted by atomic mass is 32.1. The molecule has 0 saturated carbocycles. The number of hydrogen-bond acceptors (Lipinski definition) is 5. The maximum atomic E-state index is 11.2. The van der Waals surface area contributed by atoms with Crippen LogP contribution in [0.15, 0.2) is 24.4 Å². The Morgan fingerprint density at radius 3 is 2.78 bits per heavy atom. The third-order valence-electron chi connectivity index (χ3n) is 2.64. The Morgan fingerprint density at radius 1 is 1.28 bits per heavy atom. The number of ketones is 1. The third-order valence-corrected chi connectivity index (χ3v) is 3.79. The van der Waals surface area contributed by atoms with Crippen LogP contribution in [0.5, 0.6) is 11.5 Å². The Labute approximate surface area is 108 Å². The summed E-state index contributed by atoms with van der Waals surface area (Å²) in [7, 11) is 0. The molecule has 0 saturated heterocycles.